The fourth-order valence-corrected chi connectivity index (χ4v) is 1.95. The van der Waals surface area contributed by atoms with E-state index in [0.29, 0.717) is 6.54 Å². The zero-order chi connectivity index (χ0) is 12.0. The molecule has 0 fully saturated rings. The molecule has 88 valence electrons. The molecule has 1 aromatic rings. The SMILES string of the molecule is CCC(Cl)CNC(=O)c1ccccc1SC. The van der Waals surface area contributed by atoms with Gasteiger partial charge in [0.1, 0.15) is 0 Å². The molecule has 0 saturated carbocycles. The standard InChI is InChI=1S/C12H16ClNOS/c1-3-9(13)8-14-12(15)10-6-4-5-7-11(10)16-2/h4-7,9H,3,8H2,1-2H3,(H,14,15). The highest BCUT2D eigenvalue weighted by molar-refractivity contribution is 7.98. The van der Waals surface area contributed by atoms with Crippen LogP contribution in [0, 0.1) is 0 Å². The van der Waals surface area contributed by atoms with E-state index < -0.39 is 0 Å². The van der Waals surface area contributed by atoms with Crippen molar-refractivity contribution in [2.24, 2.45) is 0 Å². The fourth-order valence-electron chi connectivity index (χ4n) is 1.28. The van der Waals surface area contributed by atoms with Gasteiger partial charge in [-0.15, -0.1) is 23.4 Å². The summed E-state index contributed by atoms with van der Waals surface area (Å²) < 4.78 is 0. The summed E-state index contributed by atoms with van der Waals surface area (Å²) in [5.41, 5.74) is 0.718. The van der Waals surface area contributed by atoms with Crippen molar-refractivity contribution in [2.45, 2.75) is 23.6 Å². The Labute approximate surface area is 106 Å². The van der Waals surface area contributed by atoms with E-state index in [2.05, 4.69) is 5.32 Å². The third-order valence-corrected chi connectivity index (χ3v) is 3.54. The lowest BCUT2D eigenvalue weighted by Gasteiger charge is -2.10. The summed E-state index contributed by atoms with van der Waals surface area (Å²) in [6, 6.07) is 7.57. The normalized spacial score (nSPS) is 12.2. The zero-order valence-electron chi connectivity index (χ0n) is 9.50. The molecule has 4 heteroatoms. The Kier molecular flexibility index (Phi) is 5.71. The van der Waals surface area contributed by atoms with Crippen molar-refractivity contribution in [1.29, 1.82) is 0 Å². The van der Waals surface area contributed by atoms with Crippen molar-refractivity contribution in [2.75, 3.05) is 12.8 Å². The first-order valence-corrected chi connectivity index (χ1v) is 6.90. The van der Waals surface area contributed by atoms with E-state index in [0.717, 1.165) is 16.9 Å². The third kappa shape index (κ3) is 3.72. The number of rotatable bonds is 5. The van der Waals surface area contributed by atoms with Crippen LogP contribution in [0.25, 0.3) is 0 Å². The molecule has 0 aromatic heterocycles. The van der Waals surface area contributed by atoms with Gasteiger partial charge in [-0.05, 0) is 24.8 Å². The van der Waals surface area contributed by atoms with Crippen LogP contribution in [0.2, 0.25) is 0 Å². The Hall–Kier alpha value is -0.670. The van der Waals surface area contributed by atoms with Crippen LogP contribution in [0.1, 0.15) is 23.7 Å². The predicted octanol–water partition coefficient (Wildman–Crippen LogP) is 3.16. The summed E-state index contributed by atoms with van der Waals surface area (Å²) in [6.07, 6.45) is 2.81. The molecule has 0 saturated heterocycles. The minimum Gasteiger partial charge on any atom is -0.351 e. The third-order valence-electron chi connectivity index (χ3n) is 2.28. The molecular formula is C12H16ClNOS. The van der Waals surface area contributed by atoms with Gasteiger partial charge in [-0.25, -0.2) is 0 Å². The van der Waals surface area contributed by atoms with Crippen LogP contribution < -0.4 is 5.32 Å². The fraction of sp³-hybridized carbons (Fsp3) is 0.417. The molecule has 1 atom stereocenters. The van der Waals surface area contributed by atoms with Crippen molar-refractivity contribution in [1.82, 2.24) is 5.32 Å². The van der Waals surface area contributed by atoms with Crippen LogP contribution in [0.5, 0.6) is 0 Å². The first-order valence-electron chi connectivity index (χ1n) is 5.24. The predicted molar refractivity (Wildman–Crippen MR) is 70.5 cm³/mol. The van der Waals surface area contributed by atoms with Crippen LogP contribution >= 0.6 is 23.4 Å². The Morgan fingerprint density at radius 1 is 1.50 bits per heavy atom. The summed E-state index contributed by atoms with van der Waals surface area (Å²) in [6.45, 7) is 2.51. The molecule has 0 aliphatic heterocycles. The highest BCUT2D eigenvalue weighted by Crippen LogP contribution is 2.19. The van der Waals surface area contributed by atoms with E-state index in [4.69, 9.17) is 11.6 Å². The maximum atomic E-state index is 11.9. The smallest absolute Gasteiger partial charge is 0.252 e. The average molecular weight is 258 g/mol. The van der Waals surface area contributed by atoms with Crippen molar-refractivity contribution >= 4 is 29.3 Å². The van der Waals surface area contributed by atoms with Gasteiger partial charge in [0.15, 0.2) is 0 Å². The number of halogens is 1. The van der Waals surface area contributed by atoms with E-state index in [9.17, 15) is 4.79 Å². The molecule has 1 aromatic carbocycles. The molecule has 0 bridgehead atoms. The van der Waals surface area contributed by atoms with Gasteiger partial charge < -0.3 is 5.32 Å². The number of alkyl halides is 1. The molecule has 2 nitrogen and oxygen atoms in total. The molecule has 1 amide bonds. The van der Waals surface area contributed by atoms with Crippen molar-refractivity contribution in [3.05, 3.63) is 29.8 Å². The first kappa shape index (κ1) is 13.4. The maximum absolute atomic E-state index is 11.9. The van der Waals surface area contributed by atoms with Gasteiger partial charge >= 0.3 is 0 Å². The molecule has 16 heavy (non-hydrogen) atoms. The summed E-state index contributed by atoms with van der Waals surface area (Å²) in [7, 11) is 0. The van der Waals surface area contributed by atoms with Crippen LogP contribution in [-0.4, -0.2) is 24.1 Å². The number of nitrogens with one attached hydrogen (secondary N) is 1. The second-order valence-electron chi connectivity index (χ2n) is 3.42. The van der Waals surface area contributed by atoms with Crippen LogP contribution in [-0.2, 0) is 0 Å². The van der Waals surface area contributed by atoms with E-state index in [1.165, 1.54) is 0 Å². The highest BCUT2D eigenvalue weighted by atomic mass is 35.5. The topological polar surface area (TPSA) is 29.1 Å². The minimum atomic E-state index is -0.0518. The lowest BCUT2D eigenvalue weighted by atomic mass is 10.2. The number of amides is 1. The number of carbonyl (C=O) groups is 1. The first-order chi connectivity index (χ1) is 7.69. The van der Waals surface area contributed by atoms with Gasteiger partial charge in [-0.2, -0.15) is 0 Å². The molecule has 1 unspecified atom stereocenters. The molecule has 0 radical (unpaired) electrons. The molecule has 0 aliphatic carbocycles. The minimum absolute atomic E-state index is 0.00499. The maximum Gasteiger partial charge on any atom is 0.252 e. The van der Waals surface area contributed by atoms with E-state index in [1.807, 2.05) is 37.4 Å². The molecule has 1 rings (SSSR count). The van der Waals surface area contributed by atoms with Gasteiger partial charge in [-0.1, -0.05) is 19.1 Å². The summed E-state index contributed by atoms with van der Waals surface area (Å²) in [5, 5.41) is 2.85. The molecule has 0 spiro atoms. The Morgan fingerprint density at radius 2 is 2.19 bits per heavy atom. The van der Waals surface area contributed by atoms with Gasteiger partial charge in [0.05, 0.1) is 10.9 Å². The number of benzene rings is 1. The van der Waals surface area contributed by atoms with Gasteiger partial charge in [-0.3, -0.25) is 4.79 Å². The summed E-state index contributed by atoms with van der Waals surface area (Å²) in [4.78, 5) is 12.9. The van der Waals surface area contributed by atoms with E-state index in [1.54, 1.807) is 11.8 Å². The second-order valence-corrected chi connectivity index (χ2v) is 4.88. The van der Waals surface area contributed by atoms with Crippen LogP contribution in [0.15, 0.2) is 29.2 Å². The lowest BCUT2D eigenvalue weighted by Crippen LogP contribution is -2.29. The van der Waals surface area contributed by atoms with Gasteiger partial charge in [0.2, 0.25) is 0 Å². The van der Waals surface area contributed by atoms with E-state index in [-0.39, 0.29) is 11.3 Å². The molecular weight excluding hydrogens is 242 g/mol. The van der Waals surface area contributed by atoms with E-state index >= 15 is 0 Å². The number of thioether (sulfide) groups is 1. The van der Waals surface area contributed by atoms with Crippen molar-refractivity contribution < 1.29 is 4.79 Å². The summed E-state index contributed by atoms with van der Waals surface area (Å²) in [5.74, 6) is -0.0518. The highest BCUT2D eigenvalue weighted by Gasteiger charge is 2.11. The van der Waals surface area contributed by atoms with Crippen LogP contribution in [0.4, 0.5) is 0 Å². The van der Waals surface area contributed by atoms with Gasteiger partial charge in [0, 0.05) is 11.4 Å². The number of hydrogen-bond donors (Lipinski definition) is 1. The molecule has 1 N–H and O–H groups in total. The Balaban J connectivity index is 2.65. The summed E-state index contributed by atoms with van der Waals surface area (Å²) >= 11 is 7.52. The zero-order valence-corrected chi connectivity index (χ0v) is 11.1. The molecule has 0 heterocycles. The average Bonchev–Trinajstić information content (AvgIpc) is 2.35. The lowest BCUT2D eigenvalue weighted by molar-refractivity contribution is 0.0950. The Bertz CT molecular complexity index is 357. The van der Waals surface area contributed by atoms with Crippen molar-refractivity contribution in [3.8, 4) is 0 Å². The second kappa shape index (κ2) is 6.81. The quantitative estimate of drug-likeness (QED) is 0.649. The van der Waals surface area contributed by atoms with Gasteiger partial charge in [0.25, 0.3) is 5.91 Å². The van der Waals surface area contributed by atoms with Crippen molar-refractivity contribution in [3.63, 3.8) is 0 Å². The number of hydrogen-bond acceptors (Lipinski definition) is 2. The monoisotopic (exact) mass is 257 g/mol. The Morgan fingerprint density at radius 3 is 2.81 bits per heavy atom. The number of carbonyl (C=O) groups excluding carboxylic acids is 1. The largest absolute Gasteiger partial charge is 0.351 e. The van der Waals surface area contributed by atoms with Crippen LogP contribution in [0.3, 0.4) is 0 Å². The molecule has 0 aliphatic rings.